The molecule has 0 aliphatic carbocycles. The maximum absolute atomic E-state index is 3.56. The molecule has 2 aliphatic heterocycles. The molecule has 0 saturated carbocycles. The van der Waals surface area contributed by atoms with Gasteiger partial charge in [-0.2, -0.15) is 11.8 Å². The topological polar surface area (TPSA) is 12.0 Å². The van der Waals surface area contributed by atoms with Gasteiger partial charge < -0.3 is 5.32 Å². The zero-order valence-corrected chi connectivity index (χ0v) is 11.8. The van der Waals surface area contributed by atoms with E-state index in [9.17, 15) is 0 Å². The van der Waals surface area contributed by atoms with E-state index >= 15 is 0 Å². The van der Waals surface area contributed by atoms with Crippen molar-refractivity contribution in [3.63, 3.8) is 0 Å². The molecule has 1 nitrogen and oxygen atoms in total. The Hall–Kier alpha value is -0.470. The largest absolute Gasteiger partial charge is 0.316 e. The minimum Gasteiger partial charge on any atom is -0.316 e. The first kappa shape index (κ1) is 12.6. The molecular weight excluding hydrogens is 238 g/mol. The summed E-state index contributed by atoms with van der Waals surface area (Å²) in [5.74, 6) is 4.28. The van der Waals surface area contributed by atoms with Gasteiger partial charge in [-0.25, -0.2) is 0 Å². The first-order chi connectivity index (χ1) is 8.95. The van der Waals surface area contributed by atoms with E-state index in [1.807, 2.05) is 0 Å². The number of piperidine rings is 1. The third-order valence-corrected chi connectivity index (χ3v) is 5.44. The van der Waals surface area contributed by atoms with Crippen LogP contribution in [0.15, 0.2) is 24.3 Å². The average Bonchev–Trinajstić information content (AvgIpc) is 2.49. The van der Waals surface area contributed by atoms with Crippen LogP contribution in [0.5, 0.6) is 0 Å². The molecular formula is C16H23NS. The van der Waals surface area contributed by atoms with Crippen LogP contribution in [0.25, 0.3) is 0 Å². The van der Waals surface area contributed by atoms with E-state index in [4.69, 9.17) is 0 Å². The smallest absolute Gasteiger partial charge is 0.00202 e. The van der Waals surface area contributed by atoms with E-state index in [1.165, 1.54) is 50.3 Å². The minimum atomic E-state index is 0.754. The van der Waals surface area contributed by atoms with Crippen LogP contribution < -0.4 is 5.32 Å². The van der Waals surface area contributed by atoms with Crippen molar-refractivity contribution in [1.29, 1.82) is 0 Å². The second kappa shape index (κ2) is 6.12. The lowest BCUT2D eigenvalue weighted by Gasteiger charge is -2.29. The first-order valence-electron chi connectivity index (χ1n) is 7.32. The van der Waals surface area contributed by atoms with Gasteiger partial charge in [-0.05, 0) is 66.7 Å². The minimum absolute atomic E-state index is 0.754. The molecule has 0 amide bonds. The summed E-state index contributed by atoms with van der Waals surface area (Å²) in [4.78, 5) is 0. The molecule has 2 aliphatic rings. The van der Waals surface area contributed by atoms with Gasteiger partial charge in [-0.1, -0.05) is 24.3 Å². The van der Waals surface area contributed by atoms with Gasteiger partial charge >= 0.3 is 0 Å². The third-order valence-electron chi connectivity index (χ3n) is 4.39. The number of hydrogen-bond acceptors (Lipinski definition) is 2. The first-order valence-corrected chi connectivity index (χ1v) is 8.48. The van der Waals surface area contributed by atoms with Gasteiger partial charge in [0.2, 0.25) is 0 Å². The van der Waals surface area contributed by atoms with E-state index in [-0.39, 0.29) is 0 Å². The van der Waals surface area contributed by atoms with Crippen LogP contribution in [0.3, 0.4) is 0 Å². The Morgan fingerprint density at radius 2 is 1.67 bits per heavy atom. The summed E-state index contributed by atoms with van der Waals surface area (Å²) in [6.45, 7) is 2.39. The average molecular weight is 261 g/mol. The lowest BCUT2D eigenvalue weighted by atomic mass is 9.82. The number of hydrogen-bond donors (Lipinski definition) is 1. The van der Waals surface area contributed by atoms with Crippen LogP contribution in [0.2, 0.25) is 0 Å². The van der Waals surface area contributed by atoms with Gasteiger partial charge in [0.15, 0.2) is 0 Å². The molecule has 1 aromatic rings. The lowest BCUT2D eigenvalue weighted by Crippen LogP contribution is -2.29. The predicted molar refractivity (Wildman–Crippen MR) is 80.6 cm³/mol. The summed E-state index contributed by atoms with van der Waals surface area (Å²) in [5, 5.41) is 3.56. The Morgan fingerprint density at radius 3 is 2.33 bits per heavy atom. The molecule has 18 heavy (non-hydrogen) atoms. The van der Waals surface area contributed by atoms with Gasteiger partial charge in [-0.3, -0.25) is 0 Å². The molecule has 1 aromatic carbocycles. The fourth-order valence-corrected chi connectivity index (χ4v) is 4.49. The molecule has 2 saturated heterocycles. The Balaban J connectivity index is 1.83. The fourth-order valence-electron chi connectivity index (χ4n) is 3.38. The number of benzene rings is 1. The van der Waals surface area contributed by atoms with E-state index in [2.05, 4.69) is 41.3 Å². The quantitative estimate of drug-likeness (QED) is 0.870. The van der Waals surface area contributed by atoms with Crippen molar-refractivity contribution < 1.29 is 0 Å². The van der Waals surface area contributed by atoms with Crippen LogP contribution >= 0.6 is 11.8 Å². The zero-order chi connectivity index (χ0) is 12.2. The highest BCUT2D eigenvalue weighted by atomic mass is 32.2. The molecule has 1 atom stereocenters. The zero-order valence-electron chi connectivity index (χ0n) is 11.0. The highest BCUT2D eigenvalue weighted by molar-refractivity contribution is 7.99. The molecule has 2 fully saturated rings. The van der Waals surface area contributed by atoms with E-state index in [0.717, 1.165) is 11.8 Å². The molecule has 0 spiro atoms. The standard InChI is InChI=1S/C16H23NS/c1-2-6-16(14-4-3-9-17-12-14)15(5-1)13-7-10-18-11-8-13/h1-2,5-6,13-14,17H,3-4,7-12H2. The molecule has 1 unspecified atom stereocenters. The molecule has 0 aromatic heterocycles. The molecule has 2 heterocycles. The maximum atomic E-state index is 3.56. The van der Waals surface area contributed by atoms with Gasteiger partial charge in [0.05, 0.1) is 0 Å². The van der Waals surface area contributed by atoms with Crippen molar-refractivity contribution in [2.24, 2.45) is 0 Å². The number of rotatable bonds is 2. The van der Waals surface area contributed by atoms with Crippen LogP contribution in [-0.4, -0.2) is 24.6 Å². The summed E-state index contributed by atoms with van der Waals surface area (Å²) >= 11 is 2.12. The van der Waals surface area contributed by atoms with E-state index in [1.54, 1.807) is 11.1 Å². The van der Waals surface area contributed by atoms with E-state index in [0.29, 0.717) is 0 Å². The molecule has 3 rings (SSSR count). The van der Waals surface area contributed by atoms with Crippen LogP contribution in [0.4, 0.5) is 0 Å². The highest BCUT2D eigenvalue weighted by Crippen LogP contribution is 2.37. The van der Waals surface area contributed by atoms with Gasteiger partial charge in [0, 0.05) is 6.54 Å². The van der Waals surface area contributed by atoms with Crippen molar-refractivity contribution in [3.8, 4) is 0 Å². The number of nitrogens with one attached hydrogen (secondary N) is 1. The summed E-state index contributed by atoms with van der Waals surface area (Å²) in [6.07, 6.45) is 5.45. The monoisotopic (exact) mass is 261 g/mol. The Labute approximate surface area is 115 Å². The molecule has 0 bridgehead atoms. The van der Waals surface area contributed by atoms with Crippen molar-refractivity contribution in [3.05, 3.63) is 35.4 Å². The summed E-state index contributed by atoms with van der Waals surface area (Å²) in [7, 11) is 0. The van der Waals surface area contributed by atoms with E-state index < -0.39 is 0 Å². The van der Waals surface area contributed by atoms with Gasteiger partial charge in [0.1, 0.15) is 0 Å². The Bertz CT molecular complexity index is 341. The highest BCUT2D eigenvalue weighted by Gasteiger charge is 2.23. The van der Waals surface area contributed by atoms with Crippen LogP contribution in [-0.2, 0) is 0 Å². The van der Waals surface area contributed by atoms with Crippen molar-refractivity contribution in [1.82, 2.24) is 5.32 Å². The van der Waals surface area contributed by atoms with Crippen molar-refractivity contribution in [2.75, 3.05) is 24.6 Å². The Morgan fingerprint density at radius 1 is 0.944 bits per heavy atom. The fraction of sp³-hybridized carbons (Fsp3) is 0.625. The van der Waals surface area contributed by atoms with Crippen LogP contribution in [0.1, 0.15) is 48.6 Å². The SMILES string of the molecule is c1ccc(C2CCCNC2)c(C2CCSCC2)c1. The maximum Gasteiger partial charge on any atom is 0.00202 e. The molecule has 2 heteroatoms. The third kappa shape index (κ3) is 2.75. The predicted octanol–water partition coefficient (Wildman–Crippen LogP) is 3.76. The second-order valence-corrected chi connectivity index (χ2v) is 6.78. The molecule has 1 N–H and O–H groups in total. The van der Waals surface area contributed by atoms with Gasteiger partial charge in [-0.15, -0.1) is 0 Å². The summed E-state index contributed by atoms with van der Waals surface area (Å²) in [6, 6.07) is 9.24. The number of thioether (sulfide) groups is 1. The Kier molecular flexibility index (Phi) is 4.27. The molecule has 0 radical (unpaired) electrons. The van der Waals surface area contributed by atoms with Crippen LogP contribution in [0, 0.1) is 0 Å². The molecule has 98 valence electrons. The normalized spacial score (nSPS) is 26.1. The lowest BCUT2D eigenvalue weighted by molar-refractivity contribution is 0.456. The summed E-state index contributed by atoms with van der Waals surface area (Å²) in [5.41, 5.74) is 3.30. The van der Waals surface area contributed by atoms with Gasteiger partial charge in [0.25, 0.3) is 0 Å². The van der Waals surface area contributed by atoms with Crippen molar-refractivity contribution in [2.45, 2.75) is 37.5 Å². The second-order valence-electron chi connectivity index (χ2n) is 5.56. The van der Waals surface area contributed by atoms with Crippen molar-refractivity contribution >= 4 is 11.8 Å². The summed E-state index contributed by atoms with van der Waals surface area (Å²) < 4.78 is 0.